The Hall–Kier alpha value is -0.610. The summed E-state index contributed by atoms with van der Waals surface area (Å²) in [6, 6.07) is 1.20. The van der Waals surface area contributed by atoms with Crippen LogP contribution < -0.4 is 10.6 Å². The summed E-state index contributed by atoms with van der Waals surface area (Å²) in [6.45, 7) is 2.22. The molecule has 8 heteroatoms. The quantitative estimate of drug-likeness (QED) is 0.299. The van der Waals surface area contributed by atoms with Crippen molar-refractivity contribution in [2.45, 2.75) is 82.0 Å². The summed E-state index contributed by atoms with van der Waals surface area (Å²) in [7, 11) is 3.53. The summed E-state index contributed by atoms with van der Waals surface area (Å²) in [4.78, 5) is 20.5. The number of hydrogen-bond donors (Lipinski definition) is 3. The van der Waals surface area contributed by atoms with E-state index in [1.54, 1.807) is 19.0 Å². The number of likely N-dealkylation sites (tertiary alicyclic amines) is 1. The lowest BCUT2D eigenvalue weighted by molar-refractivity contribution is -0.127. The van der Waals surface area contributed by atoms with Gasteiger partial charge < -0.3 is 20.6 Å². The zero-order valence-electron chi connectivity index (χ0n) is 17.4. The second kappa shape index (κ2) is 11.5. The number of rotatable bonds is 5. The molecule has 1 amide bonds. The van der Waals surface area contributed by atoms with Gasteiger partial charge in [0.25, 0.3) is 0 Å². The van der Waals surface area contributed by atoms with E-state index in [0.717, 1.165) is 51.2 Å². The van der Waals surface area contributed by atoms with Crippen molar-refractivity contribution in [2.24, 2.45) is 4.99 Å². The first-order valence-corrected chi connectivity index (χ1v) is 10.7. The Balaban J connectivity index is 0.00000280. The van der Waals surface area contributed by atoms with Gasteiger partial charge in [-0.15, -0.1) is 24.0 Å². The maximum atomic E-state index is 11.9. The summed E-state index contributed by atoms with van der Waals surface area (Å²) in [5, 5.41) is 17.3. The minimum Gasteiger partial charge on any atom is -0.391 e. The Bertz CT molecular complexity index is 517. The maximum Gasteiger partial charge on any atom is 0.243 e. The number of nitrogens with one attached hydrogen (secondary N) is 2. The number of likely N-dealkylation sites (N-methyl/N-ethyl adjacent to an activating group) is 1. The van der Waals surface area contributed by atoms with E-state index >= 15 is 0 Å². The van der Waals surface area contributed by atoms with Crippen molar-refractivity contribution < 1.29 is 9.90 Å². The number of piperidine rings is 1. The normalized spacial score (nSPS) is 27.5. The van der Waals surface area contributed by atoms with Crippen molar-refractivity contribution >= 4 is 35.8 Å². The van der Waals surface area contributed by atoms with Gasteiger partial charge in [0.05, 0.1) is 6.10 Å². The monoisotopic (exact) mass is 507 g/mol. The van der Waals surface area contributed by atoms with E-state index in [1.165, 1.54) is 25.7 Å². The fourth-order valence-electron chi connectivity index (χ4n) is 4.60. The van der Waals surface area contributed by atoms with E-state index in [-0.39, 0.29) is 42.5 Å². The first kappa shape index (κ1) is 23.7. The number of halogens is 1. The molecule has 3 rings (SSSR count). The molecule has 0 aromatic heterocycles. The van der Waals surface area contributed by atoms with Crippen molar-refractivity contribution in [2.75, 3.05) is 33.7 Å². The summed E-state index contributed by atoms with van der Waals surface area (Å²) < 4.78 is 0. The van der Waals surface area contributed by atoms with Gasteiger partial charge >= 0.3 is 0 Å². The largest absolute Gasteiger partial charge is 0.391 e. The standard InChI is InChI=1S/C20H37N5O2.HI/c1-24(2)19(27)14-21-20(22-15-6-3-4-7-15)23-16-10-12-25(13-11-16)17-8-5-9-18(17)26;/h15-18,26H,3-14H2,1-2H3,(H2,21,22,23);1H. The molecule has 1 heterocycles. The molecule has 2 unspecified atom stereocenters. The van der Waals surface area contributed by atoms with E-state index < -0.39 is 0 Å². The van der Waals surface area contributed by atoms with E-state index in [1.807, 2.05) is 0 Å². The summed E-state index contributed by atoms with van der Waals surface area (Å²) in [6.07, 6.45) is 10.1. The van der Waals surface area contributed by atoms with Gasteiger partial charge in [0, 0.05) is 45.3 Å². The third kappa shape index (κ3) is 6.73. The van der Waals surface area contributed by atoms with Crippen LogP contribution in [0, 0.1) is 0 Å². The molecule has 2 aliphatic carbocycles. The van der Waals surface area contributed by atoms with Gasteiger partial charge in [0.2, 0.25) is 5.91 Å². The van der Waals surface area contributed by atoms with Crippen molar-refractivity contribution in [3.05, 3.63) is 0 Å². The van der Waals surface area contributed by atoms with Crippen LogP contribution in [0.25, 0.3) is 0 Å². The lowest BCUT2D eigenvalue weighted by Crippen LogP contribution is -2.53. The zero-order chi connectivity index (χ0) is 19.2. The van der Waals surface area contributed by atoms with Crippen molar-refractivity contribution in [1.82, 2.24) is 20.4 Å². The van der Waals surface area contributed by atoms with Crippen LogP contribution in [0.1, 0.15) is 57.8 Å². The van der Waals surface area contributed by atoms with Gasteiger partial charge in [0.1, 0.15) is 6.54 Å². The minimum atomic E-state index is -0.146. The molecule has 0 spiro atoms. The highest BCUT2D eigenvalue weighted by Gasteiger charge is 2.33. The third-order valence-corrected chi connectivity index (χ3v) is 6.35. The second-order valence-corrected chi connectivity index (χ2v) is 8.60. The minimum absolute atomic E-state index is 0. The summed E-state index contributed by atoms with van der Waals surface area (Å²) in [5.41, 5.74) is 0. The Morgan fingerprint density at radius 1 is 1.00 bits per heavy atom. The first-order chi connectivity index (χ1) is 13.0. The van der Waals surface area contributed by atoms with Gasteiger partial charge in [-0.05, 0) is 44.9 Å². The molecule has 162 valence electrons. The number of carbonyl (C=O) groups is 1. The number of nitrogens with zero attached hydrogens (tertiary/aromatic N) is 3. The molecular weight excluding hydrogens is 469 g/mol. The van der Waals surface area contributed by atoms with Crippen LogP contribution in [0.15, 0.2) is 4.99 Å². The van der Waals surface area contributed by atoms with Crippen LogP contribution in [-0.4, -0.2) is 84.7 Å². The molecule has 0 aromatic carbocycles. The molecule has 3 aliphatic rings. The van der Waals surface area contributed by atoms with Gasteiger partial charge in [0.15, 0.2) is 5.96 Å². The van der Waals surface area contributed by atoms with Crippen molar-refractivity contribution in [1.29, 1.82) is 0 Å². The Labute approximate surface area is 186 Å². The molecule has 1 saturated heterocycles. The van der Waals surface area contributed by atoms with Crippen LogP contribution in [-0.2, 0) is 4.79 Å². The highest BCUT2D eigenvalue weighted by molar-refractivity contribution is 14.0. The van der Waals surface area contributed by atoms with Gasteiger partial charge in [-0.3, -0.25) is 9.69 Å². The van der Waals surface area contributed by atoms with Crippen LogP contribution in [0.3, 0.4) is 0 Å². The zero-order valence-corrected chi connectivity index (χ0v) is 19.7. The molecule has 1 aliphatic heterocycles. The number of amides is 1. The van der Waals surface area contributed by atoms with Crippen LogP contribution in [0.4, 0.5) is 0 Å². The second-order valence-electron chi connectivity index (χ2n) is 8.60. The Kier molecular flexibility index (Phi) is 9.76. The lowest BCUT2D eigenvalue weighted by atomic mass is 10.0. The number of aliphatic hydroxyl groups is 1. The van der Waals surface area contributed by atoms with Gasteiger partial charge in [-0.2, -0.15) is 0 Å². The van der Waals surface area contributed by atoms with Gasteiger partial charge in [-0.1, -0.05) is 12.8 Å². The molecular formula is C20H38IN5O2. The lowest BCUT2D eigenvalue weighted by Gasteiger charge is -2.38. The predicted octanol–water partition coefficient (Wildman–Crippen LogP) is 1.55. The number of hydrogen-bond acceptors (Lipinski definition) is 4. The fourth-order valence-corrected chi connectivity index (χ4v) is 4.60. The molecule has 2 saturated carbocycles. The van der Waals surface area contributed by atoms with Crippen LogP contribution in [0.2, 0.25) is 0 Å². The number of aliphatic imine (C=N–C) groups is 1. The van der Waals surface area contributed by atoms with Crippen molar-refractivity contribution in [3.63, 3.8) is 0 Å². The Morgan fingerprint density at radius 3 is 2.14 bits per heavy atom. The summed E-state index contributed by atoms with van der Waals surface area (Å²) in [5.74, 6) is 0.809. The number of carbonyl (C=O) groups excluding carboxylic acids is 1. The average Bonchev–Trinajstić information content (AvgIpc) is 3.31. The molecule has 28 heavy (non-hydrogen) atoms. The number of guanidine groups is 1. The molecule has 7 nitrogen and oxygen atoms in total. The Morgan fingerprint density at radius 2 is 1.61 bits per heavy atom. The first-order valence-electron chi connectivity index (χ1n) is 10.7. The molecule has 0 bridgehead atoms. The molecule has 2 atom stereocenters. The number of aliphatic hydroxyl groups excluding tert-OH is 1. The average molecular weight is 507 g/mol. The molecule has 3 N–H and O–H groups in total. The molecule has 3 fully saturated rings. The molecule has 0 aromatic rings. The summed E-state index contributed by atoms with van der Waals surface area (Å²) >= 11 is 0. The smallest absolute Gasteiger partial charge is 0.243 e. The maximum absolute atomic E-state index is 11.9. The third-order valence-electron chi connectivity index (χ3n) is 6.35. The van der Waals surface area contributed by atoms with E-state index in [9.17, 15) is 9.90 Å². The predicted molar refractivity (Wildman–Crippen MR) is 123 cm³/mol. The highest BCUT2D eigenvalue weighted by atomic mass is 127. The van der Waals surface area contributed by atoms with E-state index in [0.29, 0.717) is 18.1 Å². The SMILES string of the molecule is CN(C)C(=O)CN=C(NC1CCCC1)NC1CCN(C2CCCC2O)CC1.I. The topological polar surface area (TPSA) is 80.2 Å². The highest BCUT2D eigenvalue weighted by Crippen LogP contribution is 2.26. The fraction of sp³-hybridized carbons (Fsp3) is 0.900. The van der Waals surface area contributed by atoms with E-state index in [4.69, 9.17) is 0 Å². The molecule has 0 radical (unpaired) electrons. The van der Waals surface area contributed by atoms with Crippen LogP contribution >= 0.6 is 24.0 Å². The van der Waals surface area contributed by atoms with Gasteiger partial charge in [-0.25, -0.2) is 4.99 Å². The van der Waals surface area contributed by atoms with E-state index in [2.05, 4.69) is 20.5 Å². The van der Waals surface area contributed by atoms with Crippen molar-refractivity contribution in [3.8, 4) is 0 Å². The van der Waals surface area contributed by atoms with Crippen LogP contribution in [0.5, 0.6) is 0 Å².